The topological polar surface area (TPSA) is 29.1 Å². The number of carbonyl (C=O) groups is 1. The highest BCUT2D eigenvalue weighted by atomic mass is 35.5. The summed E-state index contributed by atoms with van der Waals surface area (Å²) in [5.41, 5.74) is 4.33. The lowest BCUT2D eigenvalue weighted by Crippen LogP contribution is -2.16. The van der Waals surface area contributed by atoms with Gasteiger partial charge in [-0.15, -0.1) is 0 Å². The molecule has 0 radical (unpaired) electrons. The van der Waals surface area contributed by atoms with Gasteiger partial charge in [0.15, 0.2) is 0 Å². The molecule has 3 heteroatoms. The Balaban J connectivity index is 1.47. The van der Waals surface area contributed by atoms with Gasteiger partial charge < -0.3 is 5.32 Å². The van der Waals surface area contributed by atoms with Crippen molar-refractivity contribution in [2.24, 2.45) is 5.92 Å². The summed E-state index contributed by atoms with van der Waals surface area (Å²) in [7, 11) is 0. The Labute approximate surface area is 158 Å². The van der Waals surface area contributed by atoms with E-state index in [2.05, 4.69) is 23.5 Å². The van der Waals surface area contributed by atoms with Crippen LogP contribution in [-0.2, 0) is 11.2 Å². The van der Waals surface area contributed by atoms with Crippen LogP contribution in [0.15, 0.2) is 78.9 Å². The first-order valence-corrected chi connectivity index (χ1v) is 9.27. The van der Waals surface area contributed by atoms with Crippen molar-refractivity contribution >= 4 is 23.2 Å². The van der Waals surface area contributed by atoms with Gasteiger partial charge in [0.25, 0.3) is 0 Å². The molecule has 0 spiro atoms. The first-order valence-electron chi connectivity index (χ1n) is 8.89. The number of halogens is 1. The van der Waals surface area contributed by atoms with E-state index in [1.54, 1.807) is 0 Å². The largest absolute Gasteiger partial charge is 0.326 e. The zero-order chi connectivity index (χ0) is 17.9. The van der Waals surface area contributed by atoms with E-state index >= 15 is 0 Å². The van der Waals surface area contributed by atoms with E-state index < -0.39 is 0 Å². The smallest absolute Gasteiger partial charge is 0.228 e. The Morgan fingerprint density at radius 1 is 0.923 bits per heavy atom. The normalized spacial score (nSPS) is 18.3. The highest BCUT2D eigenvalue weighted by Crippen LogP contribution is 2.50. The maximum Gasteiger partial charge on any atom is 0.228 e. The summed E-state index contributed by atoms with van der Waals surface area (Å²) < 4.78 is 0. The number of carbonyl (C=O) groups excluding carboxylic acids is 1. The van der Waals surface area contributed by atoms with Crippen LogP contribution in [0.25, 0.3) is 0 Å². The minimum atomic E-state index is -0.000295. The van der Waals surface area contributed by atoms with Gasteiger partial charge in [0.2, 0.25) is 5.91 Å². The number of benzene rings is 3. The monoisotopic (exact) mass is 361 g/mol. The van der Waals surface area contributed by atoms with Crippen molar-refractivity contribution in [2.75, 3.05) is 5.32 Å². The van der Waals surface area contributed by atoms with Crippen LogP contribution < -0.4 is 5.32 Å². The molecule has 0 aromatic heterocycles. The first-order chi connectivity index (χ1) is 12.7. The Morgan fingerprint density at radius 3 is 2.42 bits per heavy atom. The van der Waals surface area contributed by atoms with Gasteiger partial charge in [0.05, 0.1) is 0 Å². The van der Waals surface area contributed by atoms with Crippen molar-refractivity contribution in [3.63, 3.8) is 0 Å². The van der Waals surface area contributed by atoms with Crippen molar-refractivity contribution in [3.05, 3.63) is 101 Å². The van der Waals surface area contributed by atoms with Crippen molar-refractivity contribution in [1.82, 2.24) is 0 Å². The maximum absolute atomic E-state index is 12.7. The SMILES string of the molecule is O=C(Nc1ccccc1Cc1ccccc1)C1CC1c1ccccc1Cl. The van der Waals surface area contributed by atoms with Crippen LogP contribution in [-0.4, -0.2) is 5.91 Å². The fraction of sp³-hybridized carbons (Fsp3) is 0.174. The number of amides is 1. The summed E-state index contributed by atoms with van der Waals surface area (Å²) in [4.78, 5) is 12.7. The zero-order valence-electron chi connectivity index (χ0n) is 14.4. The van der Waals surface area contributed by atoms with Crippen LogP contribution >= 0.6 is 11.6 Å². The molecule has 0 aliphatic heterocycles. The molecule has 2 nitrogen and oxygen atoms in total. The third-order valence-electron chi connectivity index (χ3n) is 4.94. The first kappa shape index (κ1) is 16.9. The fourth-order valence-electron chi connectivity index (χ4n) is 3.44. The van der Waals surface area contributed by atoms with Gasteiger partial charge in [0.1, 0.15) is 0 Å². The zero-order valence-corrected chi connectivity index (χ0v) is 15.1. The second-order valence-electron chi connectivity index (χ2n) is 6.78. The van der Waals surface area contributed by atoms with E-state index in [0.29, 0.717) is 0 Å². The number of anilines is 1. The Morgan fingerprint density at radius 2 is 1.62 bits per heavy atom. The summed E-state index contributed by atoms with van der Waals surface area (Å²) in [5, 5.41) is 3.88. The molecule has 0 heterocycles. The number of para-hydroxylation sites is 1. The highest BCUT2D eigenvalue weighted by molar-refractivity contribution is 6.31. The number of hydrogen-bond acceptors (Lipinski definition) is 1. The number of rotatable bonds is 5. The molecule has 130 valence electrons. The predicted molar refractivity (Wildman–Crippen MR) is 107 cm³/mol. The molecule has 1 aliphatic rings. The van der Waals surface area contributed by atoms with Gasteiger partial charge in [-0.2, -0.15) is 0 Å². The second-order valence-corrected chi connectivity index (χ2v) is 7.19. The van der Waals surface area contributed by atoms with Crippen LogP contribution in [0.1, 0.15) is 29.0 Å². The Kier molecular flexibility index (Phi) is 4.77. The number of hydrogen-bond donors (Lipinski definition) is 1. The lowest BCUT2D eigenvalue weighted by molar-refractivity contribution is -0.117. The summed E-state index contributed by atoms with van der Waals surface area (Å²) in [6.45, 7) is 0. The predicted octanol–water partition coefficient (Wildman–Crippen LogP) is 5.67. The van der Waals surface area contributed by atoms with Crippen molar-refractivity contribution in [3.8, 4) is 0 Å². The molecule has 3 aromatic carbocycles. The molecule has 1 saturated carbocycles. The third kappa shape index (κ3) is 3.66. The van der Waals surface area contributed by atoms with Crippen molar-refractivity contribution in [1.29, 1.82) is 0 Å². The van der Waals surface area contributed by atoms with E-state index in [0.717, 1.165) is 34.7 Å². The van der Waals surface area contributed by atoms with Crippen LogP contribution in [0.4, 0.5) is 5.69 Å². The lowest BCUT2D eigenvalue weighted by Gasteiger charge is -2.11. The average Bonchev–Trinajstić information content (AvgIpc) is 3.45. The van der Waals surface area contributed by atoms with Gasteiger partial charge in [-0.1, -0.05) is 78.3 Å². The van der Waals surface area contributed by atoms with Crippen LogP contribution in [0.2, 0.25) is 5.02 Å². The second kappa shape index (κ2) is 7.35. The van der Waals surface area contributed by atoms with Gasteiger partial charge in [-0.3, -0.25) is 4.79 Å². The highest BCUT2D eigenvalue weighted by Gasteiger charge is 2.44. The van der Waals surface area contributed by atoms with Gasteiger partial charge in [0, 0.05) is 16.6 Å². The Bertz CT molecular complexity index is 922. The summed E-state index contributed by atoms with van der Waals surface area (Å²) in [6, 6.07) is 26.1. The molecule has 1 N–H and O–H groups in total. The molecule has 2 atom stereocenters. The molecule has 4 rings (SSSR count). The van der Waals surface area contributed by atoms with Crippen LogP contribution in [0.3, 0.4) is 0 Å². The molecule has 3 aromatic rings. The van der Waals surface area contributed by atoms with E-state index in [-0.39, 0.29) is 17.7 Å². The fourth-order valence-corrected chi connectivity index (χ4v) is 3.72. The Hall–Kier alpha value is -2.58. The van der Waals surface area contributed by atoms with Crippen LogP contribution in [0, 0.1) is 5.92 Å². The van der Waals surface area contributed by atoms with E-state index in [1.807, 2.05) is 60.7 Å². The quantitative estimate of drug-likeness (QED) is 0.623. The summed E-state index contributed by atoms with van der Waals surface area (Å²) in [6.07, 6.45) is 1.66. The number of nitrogens with one attached hydrogen (secondary N) is 1. The molecule has 0 saturated heterocycles. The van der Waals surface area contributed by atoms with Crippen LogP contribution in [0.5, 0.6) is 0 Å². The summed E-state index contributed by atoms with van der Waals surface area (Å²) >= 11 is 6.27. The van der Waals surface area contributed by atoms with Gasteiger partial charge in [-0.25, -0.2) is 0 Å². The average molecular weight is 362 g/mol. The lowest BCUT2D eigenvalue weighted by atomic mass is 10.0. The molecule has 2 unspecified atom stereocenters. The van der Waals surface area contributed by atoms with E-state index in [9.17, 15) is 4.79 Å². The van der Waals surface area contributed by atoms with E-state index in [4.69, 9.17) is 11.6 Å². The maximum atomic E-state index is 12.7. The molecular formula is C23H20ClNO. The molecule has 1 amide bonds. The van der Waals surface area contributed by atoms with Crippen molar-refractivity contribution in [2.45, 2.75) is 18.8 Å². The third-order valence-corrected chi connectivity index (χ3v) is 5.29. The van der Waals surface area contributed by atoms with E-state index in [1.165, 1.54) is 5.56 Å². The van der Waals surface area contributed by atoms with Gasteiger partial charge >= 0.3 is 0 Å². The minimum Gasteiger partial charge on any atom is -0.326 e. The molecular weight excluding hydrogens is 342 g/mol. The molecule has 26 heavy (non-hydrogen) atoms. The molecule has 1 fully saturated rings. The van der Waals surface area contributed by atoms with Gasteiger partial charge in [-0.05, 0) is 47.6 Å². The van der Waals surface area contributed by atoms with Crippen molar-refractivity contribution < 1.29 is 4.79 Å². The standard InChI is InChI=1S/C23H20ClNO/c24-21-12-6-5-11-18(21)19-15-20(19)23(26)25-22-13-7-4-10-17(22)14-16-8-2-1-3-9-16/h1-13,19-20H,14-15H2,(H,25,26). The molecule has 0 bridgehead atoms. The molecule has 1 aliphatic carbocycles. The summed E-state index contributed by atoms with van der Waals surface area (Å²) in [5.74, 6) is 0.306. The minimum absolute atomic E-state index is 0.000295.